The second kappa shape index (κ2) is 14.3. The molecule has 1 aliphatic carbocycles. The molecule has 5 heteroatoms. The number of rotatable bonds is 6. The van der Waals surface area contributed by atoms with Gasteiger partial charge in [0, 0.05) is 64.8 Å². The van der Waals surface area contributed by atoms with Crippen molar-refractivity contribution >= 4 is 53.3 Å². The van der Waals surface area contributed by atoms with Crippen molar-refractivity contribution in [3.63, 3.8) is 0 Å². The molecule has 0 N–H and O–H groups in total. The molecule has 0 spiro atoms. The van der Waals surface area contributed by atoms with Crippen LogP contribution in [0.1, 0.15) is 36.3 Å². The number of thiophene rings is 1. The second-order valence-corrected chi connectivity index (χ2v) is 16.6. The standard InChI is InChI=1S/C58H36N4S/c1-5-18-36(19-6-1)41-29-17-30-46-48-34-40(35-49(55(48)63-54(41)46)58-60-56(38-22-9-3-10-23-38)59-57(61-58)39-24-11-4-12-25-39)62-50-31-16-15-26-42(50)45-32-33-47-51(37-20-7-2-8-21-37)43-27-13-14-28-44(43)52(47)53(45)62/h1-35,51H/i1D,3D,5D,6D,9D,10D,18D,19D,22D,23D. The summed E-state index contributed by atoms with van der Waals surface area (Å²) in [5.74, 6) is 0.242. The van der Waals surface area contributed by atoms with Crippen molar-refractivity contribution in [1.29, 1.82) is 0 Å². The summed E-state index contributed by atoms with van der Waals surface area (Å²) in [5.41, 5.74) is 9.97. The maximum Gasteiger partial charge on any atom is 0.165 e. The SMILES string of the molecule is [2H]c1c([2H])c([2H])c(-c2nc(-c3ccccc3)nc(-c3cc(-n4c5ccccc5c5ccc6c(c54)-c4ccccc4C6c4ccccc4)cc4c3sc3c(-c5c([2H])c([2H])c([2H])c([2H])c5[2H])cccc34)n2)c([2H])c1[2H]. The van der Waals surface area contributed by atoms with Gasteiger partial charge in [0.05, 0.1) is 24.7 Å². The number of hydrogen-bond acceptors (Lipinski definition) is 4. The summed E-state index contributed by atoms with van der Waals surface area (Å²) in [7, 11) is 0. The number of nitrogens with zero attached hydrogens (tertiary/aromatic N) is 4. The lowest BCUT2D eigenvalue weighted by Crippen LogP contribution is -2.02. The molecule has 1 unspecified atom stereocenters. The third-order valence-electron chi connectivity index (χ3n) is 12.1. The van der Waals surface area contributed by atoms with Crippen LogP contribution in [0.4, 0.5) is 0 Å². The molecule has 0 saturated carbocycles. The quantitative estimate of drug-likeness (QED) is 0.168. The van der Waals surface area contributed by atoms with Gasteiger partial charge in [0.15, 0.2) is 17.5 Å². The van der Waals surface area contributed by atoms with Gasteiger partial charge in [-0.1, -0.05) is 194 Å². The molecule has 3 aromatic heterocycles. The lowest BCUT2D eigenvalue weighted by Gasteiger charge is -2.16. The Morgan fingerprint density at radius 1 is 0.444 bits per heavy atom. The molecule has 0 amide bonds. The first-order valence-electron chi connectivity index (χ1n) is 25.6. The van der Waals surface area contributed by atoms with Gasteiger partial charge in [-0.15, -0.1) is 11.3 Å². The van der Waals surface area contributed by atoms with Gasteiger partial charge in [-0.25, -0.2) is 15.0 Å². The topological polar surface area (TPSA) is 43.6 Å². The summed E-state index contributed by atoms with van der Waals surface area (Å²) >= 11 is 1.37. The molecule has 294 valence electrons. The van der Waals surface area contributed by atoms with E-state index in [2.05, 4.69) is 83.4 Å². The third kappa shape index (κ3) is 5.64. The Balaban J connectivity index is 1.18. The number of aromatic nitrogens is 4. The van der Waals surface area contributed by atoms with Crippen LogP contribution in [0.5, 0.6) is 0 Å². The first-order valence-corrected chi connectivity index (χ1v) is 21.4. The van der Waals surface area contributed by atoms with Gasteiger partial charge in [0.2, 0.25) is 0 Å². The maximum absolute atomic E-state index is 9.04. The Kier molecular flexibility index (Phi) is 6.14. The molecule has 0 radical (unpaired) electrons. The van der Waals surface area contributed by atoms with E-state index in [-0.39, 0.29) is 46.6 Å². The highest BCUT2D eigenvalue weighted by Crippen LogP contribution is 2.53. The summed E-state index contributed by atoms with van der Waals surface area (Å²) in [6.07, 6.45) is 0. The first-order chi connectivity index (χ1) is 35.4. The van der Waals surface area contributed by atoms with Crippen molar-refractivity contribution < 1.29 is 13.7 Å². The summed E-state index contributed by atoms with van der Waals surface area (Å²) in [6.45, 7) is 0. The van der Waals surface area contributed by atoms with Gasteiger partial charge < -0.3 is 4.57 Å². The maximum atomic E-state index is 9.04. The number of hydrogen-bond donors (Lipinski definition) is 0. The van der Waals surface area contributed by atoms with Gasteiger partial charge in [-0.3, -0.25) is 0 Å². The van der Waals surface area contributed by atoms with E-state index in [1.54, 1.807) is 6.07 Å². The lowest BCUT2D eigenvalue weighted by molar-refractivity contribution is 1.02. The van der Waals surface area contributed by atoms with Gasteiger partial charge in [-0.05, 0) is 51.6 Å². The molecule has 1 aliphatic rings. The number of benzene rings is 9. The molecule has 1 atom stereocenters. The highest BCUT2D eigenvalue weighted by molar-refractivity contribution is 7.26. The van der Waals surface area contributed by atoms with Crippen LogP contribution in [0, 0.1) is 0 Å². The molecule has 0 fully saturated rings. The first kappa shape index (κ1) is 27.1. The summed E-state index contributed by atoms with van der Waals surface area (Å²) < 4.78 is 91.0. The zero-order chi connectivity index (χ0) is 50.1. The van der Waals surface area contributed by atoms with Crippen LogP contribution in [0.25, 0.3) is 104 Å². The van der Waals surface area contributed by atoms with E-state index >= 15 is 0 Å². The Bertz CT molecular complexity index is 4290. The van der Waals surface area contributed by atoms with Crippen LogP contribution in [-0.4, -0.2) is 19.5 Å². The predicted molar refractivity (Wildman–Crippen MR) is 262 cm³/mol. The van der Waals surface area contributed by atoms with Crippen LogP contribution < -0.4 is 0 Å². The van der Waals surface area contributed by atoms with E-state index in [1.165, 1.54) is 28.0 Å². The fourth-order valence-corrected chi connectivity index (χ4v) is 10.8. The minimum absolute atomic E-state index is 0.0246. The largest absolute Gasteiger partial charge is 0.309 e. The number of para-hydroxylation sites is 1. The van der Waals surface area contributed by atoms with E-state index in [1.807, 2.05) is 66.7 Å². The van der Waals surface area contributed by atoms with Crippen molar-refractivity contribution in [2.45, 2.75) is 5.92 Å². The minimum atomic E-state index is -0.540. The zero-order valence-corrected chi connectivity index (χ0v) is 34.0. The molecule has 0 aliphatic heterocycles. The zero-order valence-electron chi connectivity index (χ0n) is 43.2. The van der Waals surface area contributed by atoms with Crippen molar-refractivity contribution in [3.8, 4) is 62.1 Å². The molecule has 12 aromatic rings. The van der Waals surface area contributed by atoms with Crippen LogP contribution in [0.15, 0.2) is 212 Å². The molecule has 4 nitrogen and oxygen atoms in total. The third-order valence-corrected chi connectivity index (χ3v) is 13.4. The van der Waals surface area contributed by atoms with Crippen molar-refractivity contribution in [1.82, 2.24) is 19.5 Å². The van der Waals surface area contributed by atoms with Crippen molar-refractivity contribution in [2.24, 2.45) is 0 Å². The molecule has 0 bridgehead atoms. The van der Waals surface area contributed by atoms with E-state index in [0.717, 1.165) is 49.4 Å². The summed E-state index contributed by atoms with van der Waals surface area (Å²) in [6, 6.07) is 46.3. The normalized spacial score (nSPS) is 15.5. The second-order valence-electron chi connectivity index (χ2n) is 15.5. The summed E-state index contributed by atoms with van der Waals surface area (Å²) in [5, 5.41) is 3.62. The van der Waals surface area contributed by atoms with Crippen LogP contribution in [0.2, 0.25) is 0 Å². The fourth-order valence-electron chi connectivity index (χ4n) is 9.46. The van der Waals surface area contributed by atoms with Crippen LogP contribution in [0.3, 0.4) is 0 Å². The fraction of sp³-hybridized carbons (Fsp3) is 0.0172. The molecular formula is C58H36N4S. The molecule has 3 heterocycles. The molecule has 63 heavy (non-hydrogen) atoms. The predicted octanol–water partition coefficient (Wildman–Crippen LogP) is 15.2. The lowest BCUT2D eigenvalue weighted by atomic mass is 9.89. The van der Waals surface area contributed by atoms with Gasteiger partial charge in [0.1, 0.15) is 0 Å². The van der Waals surface area contributed by atoms with Crippen LogP contribution >= 0.6 is 11.3 Å². The summed E-state index contributed by atoms with van der Waals surface area (Å²) in [4.78, 5) is 15.0. The van der Waals surface area contributed by atoms with Gasteiger partial charge in [0.25, 0.3) is 0 Å². The average Bonchev–Trinajstić information content (AvgIpc) is 4.10. The molecule has 0 saturated heterocycles. The van der Waals surface area contributed by atoms with Gasteiger partial charge >= 0.3 is 0 Å². The smallest absolute Gasteiger partial charge is 0.165 e. The Morgan fingerprint density at radius 3 is 1.89 bits per heavy atom. The Morgan fingerprint density at radius 2 is 1.08 bits per heavy atom. The molecule has 13 rings (SSSR count). The van der Waals surface area contributed by atoms with E-state index < -0.39 is 48.3 Å². The van der Waals surface area contributed by atoms with Crippen molar-refractivity contribution in [2.75, 3.05) is 0 Å². The Labute approximate surface area is 382 Å². The number of fused-ring (bicyclic) bond motifs is 10. The highest BCUT2D eigenvalue weighted by Gasteiger charge is 2.33. The van der Waals surface area contributed by atoms with Crippen LogP contribution in [-0.2, 0) is 0 Å². The van der Waals surface area contributed by atoms with E-state index in [4.69, 9.17) is 28.7 Å². The van der Waals surface area contributed by atoms with E-state index in [0.29, 0.717) is 26.1 Å². The van der Waals surface area contributed by atoms with Crippen molar-refractivity contribution in [3.05, 3.63) is 229 Å². The highest BCUT2D eigenvalue weighted by atomic mass is 32.1. The monoisotopic (exact) mass is 830 g/mol. The minimum Gasteiger partial charge on any atom is -0.309 e. The van der Waals surface area contributed by atoms with E-state index in [9.17, 15) is 0 Å². The average molecular weight is 831 g/mol. The molecule has 9 aromatic carbocycles. The molecular weight excluding hydrogens is 785 g/mol. The van der Waals surface area contributed by atoms with Gasteiger partial charge in [-0.2, -0.15) is 0 Å². The Hall–Kier alpha value is -7.99.